The lowest BCUT2D eigenvalue weighted by molar-refractivity contribution is 0.0519. The first-order chi connectivity index (χ1) is 13.1. The molecule has 0 spiro atoms. The number of hydrogen-bond acceptors (Lipinski definition) is 6. The van der Waals surface area contributed by atoms with E-state index in [4.69, 9.17) is 14.0 Å². The average molecular weight is 400 g/mol. The maximum Gasteiger partial charge on any atom is 0.344 e. The summed E-state index contributed by atoms with van der Waals surface area (Å²) in [4.78, 5) is 24.9. The van der Waals surface area contributed by atoms with Gasteiger partial charge in [0, 0.05) is 0 Å². The minimum Gasteiger partial charge on any atom is -0.461 e. The highest BCUT2D eigenvalue weighted by Gasteiger charge is 2.21. The Morgan fingerprint density at radius 2 is 1.64 bits per heavy atom. The molecular formula is C17H19B3O7S. The molecule has 2 aromatic carbocycles. The van der Waals surface area contributed by atoms with E-state index in [9.17, 15) is 18.0 Å². The van der Waals surface area contributed by atoms with Crippen LogP contribution in [0.25, 0.3) is 0 Å². The predicted molar refractivity (Wildman–Crippen MR) is 113 cm³/mol. The molecule has 2 rings (SSSR count). The number of esters is 2. The molecule has 0 bridgehead atoms. The Balaban J connectivity index is 2.25. The number of benzene rings is 2. The van der Waals surface area contributed by atoms with Gasteiger partial charge in [0.25, 0.3) is 10.1 Å². The Labute approximate surface area is 166 Å². The summed E-state index contributed by atoms with van der Waals surface area (Å²) in [6, 6.07) is 9.77. The molecule has 0 radical (unpaired) electrons. The van der Waals surface area contributed by atoms with Crippen LogP contribution in [-0.4, -0.2) is 60.8 Å². The molecule has 144 valence electrons. The molecular weight excluding hydrogens is 381 g/mol. The average Bonchev–Trinajstić information content (AvgIpc) is 2.62. The molecule has 2 aromatic rings. The molecule has 0 amide bonds. The van der Waals surface area contributed by atoms with Crippen LogP contribution in [0.5, 0.6) is 5.75 Å². The summed E-state index contributed by atoms with van der Waals surface area (Å²) in [7, 11) is 1.49. The number of hydrogen-bond donors (Lipinski definition) is 1. The topological polar surface area (TPSA) is 107 Å². The van der Waals surface area contributed by atoms with Crippen LogP contribution < -0.4 is 15.7 Å². The zero-order chi connectivity index (χ0) is 20.9. The number of carbonyl (C=O) groups excluding carboxylic acids is 2. The number of ether oxygens (including phenoxy) is 2. The Bertz CT molecular complexity index is 1010. The molecule has 0 saturated carbocycles. The van der Waals surface area contributed by atoms with Crippen molar-refractivity contribution in [3.63, 3.8) is 0 Å². The van der Waals surface area contributed by atoms with Crippen LogP contribution in [-0.2, 0) is 21.2 Å². The summed E-state index contributed by atoms with van der Waals surface area (Å²) in [5, 5.41) is 0. The Morgan fingerprint density at radius 3 is 2.21 bits per heavy atom. The molecule has 0 aromatic heterocycles. The Morgan fingerprint density at radius 1 is 1.04 bits per heavy atom. The molecule has 0 heterocycles. The van der Waals surface area contributed by atoms with Gasteiger partial charge >= 0.3 is 11.9 Å². The molecule has 0 atom stereocenters. The standard InChI is InChI=1S/C17H19B3O7S/c18-9-10-7-11(19)8-14(20)15(10)27-17(22)13-4-2-1-3-12(13)16(21)26-5-6-28(23,24)25/h1-4,7-8H,5-6,9,18-20H2,(H,23,24,25). The SMILES string of the molecule is BCc1cc(B)cc(B)c1OC(=O)c1ccccc1C(=O)OCCS(=O)(=O)O. The quantitative estimate of drug-likeness (QED) is 0.239. The Kier molecular flexibility index (Phi) is 7.09. The van der Waals surface area contributed by atoms with Crippen molar-refractivity contribution < 1.29 is 32.0 Å². The molecule has 11 heteroatoms. The molecule has 1 N–H and O–H groups in total. The lowest BCUT2D eigenvalue weighted by Crippen LogP contribution is -2.23. The number of carbonyl (C=O) groups is 2. The van der Waals surface area contributed by atoms with Crippen LogP contribution >= 0.6 is 0 Å². The van der Waals surface area contributed by atoms with Gasteiger partial charge < -0.3 is 9.47 Å². The fourth-order valence-corrected chi connectivity index (χ4v) is 3.05. The maximum atomic E-state index is 12.7. The van der Waals surface area contributed by atoms with Gasteiger partial charge in [0.1, 0.15) is 41.6 Å². The van der Waals surface area contributed by atoms with E-state index in [0.717, 1.165) is 16.5 Å². The smallest absolute Gasteiger partial charge is 0.344 e. The minimum absolute atomic E-state index is 0.00128. The van der Waals surface area contributed by atoms with Crippen LogP contribution in [0.15, 0.2) is 36.4 Å². The molecule has 28 heavy (non-hydrogen) atoms. The highest BCUT2D eigenvalue weighted by Crippen LogP contribution is 2.18. The molecule has 0 aliphatic carbocycles. The van der Waals surface area contributed by atoms with Crippen molar-refractivity contribution >= 4 is 56.5 Å². The van der Waals surface area contributed by atoms with E-state index in [1.165, 1.54) is 12.1 Å². The van der Waals surface area contributed by atoms with Crippen molar-refractivity contribution in [3.05, 3.63) is 53.1 Å². The maximum absolute atomic E-state index is 12.7. The first-order valence-electron chi connectivity index (χ1n) is 8.66. The van der Waals surface area contributed by atoms with Crippen molar-refractivity contribution in [2.24, 2.45) is 0 Å². The van der Waals surface area contributed by atoms with E-state index in [2.05, 4.69) is 0 Å². The second-order valence-corrected chi connectivity index (χ2v) is 7.85. The van der Waals surface area contributed by atoms with E-state index >= 15 is 0 Å². The molecule has 7 nitrogen and oxygen atoms in total. The van der Waals surface area contributed by atoms with Gasteiger partial charge in [0.15, 0.2) is 0 Å². The molecule has 0 aliphatic heterocycles. The fourth-order valence-electron chi connectivity index (χ4n) is 2.76. The lowest BCUT2D eigenvalue weighted by atomic mass is 9.81. The zero-order valence-electron chi connectivity index (χ0n) is 15.9. The van der Waals surface area contributed by atoms with Gasteiger partial charge in [-0.15, -0.1) is 0 Å². The van der Waals surface area contributed by atoms with Crippen LogP contribution in [0, 0.1) is 0 Å². The number of rotatable bonds is 7. The third kappa shape index (κ3) is 5.74. The van der Waals surface area contributed by atoms with Gasteiger partial charge in [0.05, 0.1) is 11.1 Å². The molecule has 0 aliphatic rings. The van der Waals surface area contributed by atoms with E-state index in [0.29, 0.717) is 12.1 Å². The molecule has 0 saturated heterocycles. The summed E-state index contributed by atoms with van der Waals surface area (Å²) in [5.41, 5.74) is 2.68. The first-order valence-corrected chi connectivity index (χ1v) is 10.3. The highest BCUT2D eigenvalue weighted by atomic mass is 32.2. The van der Waals surface area contributed by atoms with Crippen LogP contribution in [0.3, 0.4) is 0 Å². The van der Waals surface area contributed by atoms with Crippen LogP contribution in [0.1, 0.15) is 26.3 Å². The van der Waals surface area contributed by atoms with Crippen LogP contribution in [0.2, 0.25) is 0 Å². The van der Waals surface area contributed by atoms with E-state index in [-0.39, 0.29) is 11.1 Å². The fraction of sp³-hybridized carbons (Fsp3) is 0.176. The highest BCUT2D eigenvalue weighted by molar-refractivity contribution is 7.85. The zero-order valence-corrected chi connectivity index (χ0v) is 16.7. The van der Waals surface area contributed by atoms with Crippen molar-refractivity contribution in [3.8, 4) is 5.75 Å². The van der Waals surface area contributed by atoms with E-state index < -0.39 is 34.4 Å². The second-order valence-electron chi connectivity index (χ2n) is 6.28. The van der Waals surface area contributed by atoms with E-state index in [1.54, 1.807) is 12.1 Å². The normalized spacial score (nSPS) is 11.0. The van der Waals surface area contributed by atoms with E-state index in [1.807, 2.05) is 35.7 Å². The predicted octanol–water partition coefficient (Wildman–Crippen LogP) is -2.40. The summed E-state index contributed by atoms with van der Waals surface area (Å²) in [5.74, 6) is -1.88. The van der Waals surface area contributed by atoms with Crippen molar-refractivity contribution in [2.75, 3.05) is 12.4 Å². The molecule has 0 fully saturated rings. The van der Waals surface area contributed by atoms with Gasteiger partial charge in [-0.05, 0) is 23.2 Å². The van der Waals surface area contributed by atoms with Gasteiger partial charge in [-0.2, -0.15) is 8.42 Å². The van der Waals surface area contributed by atoms with Crippen molar-refractivity contribution in [1.82, 2.24) is 0 Å². The summed E-state index contributed by atoms with van der Waals surface area (Å²) >= 11 is 0. The van der Waals surface area contributed by atoms with Gasteiger partial charge in [0.2, 0.25) is 0 Å². The second kappa shape index (κ2) is 9.12. The third-order valence-electron chi connectivity index (χ3n) is 4.01. The molecule has 0 unspecified atom stereocenters. The Hall–Kier alpha value is -2.52. The summed E-state index contributed by atoms with van der Waals surface area (Å²) in [6.07, 6.45) is 0.671. The largest absolute Gasteiger partial charge is 0.461 e. The minimum atomic E-state index is -4.25. The van der Waals surface area contributed by atoms with Crippen LogP contribution in [0.4, 0.5) is 0 Å². The monoisotopic (exact) mass is 400 g/mol. The van der Waals surface area contributed by atoms with Gasteiger partial charge in [-0.25, -0.2) is 9.59 Å². The third-order valence-corrected chi connectivity index (χ3v) is 4.70. The first kappa shape index (κ1) is 21.8. The lowest BCUT2D eigenvalue weighted by Gasteiger charge is -2.15. The van der Waals surface area contributed by atoms with Crippen molar-refractivity contribution in [2.45, 2.75) is 6.32 Å². The van der Waals surface area contributed by atoms with Crippen molar-refractivity contribution in [1.29, 1.82) is 0 Å². The van der Waals surface area contributed by atoms with Gasteiger partial charge in [-0.1, -0.05) is 36.0 Å². The summed E-state index contributed by atoms with van der Waals surface area (Å²) in [6.45, 7) is -0.530. The van der Waals surface area contributed by atoms with Gasteiger partial charge in [-0.3, -0.25) is 4.55 Å². The summed E-state index contributed by atoms with van der Waals surface area (Å²) < 4.78 is 40.6.